The Labute approximate surface area is 173 Å². The van der Waals surface area contributed by atoms with E-state index < -0.39 is 17.8 Å². The Kier molecular flexibility index (Phi) is 8.69. The highest BCUT2D eigenvalue weighted by Crippen LogP contribution is 2.29. The largest absolute Gasteiger partial charge is 0.478 e. The Morgan fingerprint density at radius 3 is 2.37 bits per heavy atom. The molecule has 1 aliphatic heterocycles. The number of carboxylic acids is 2. The van der Waals surface area contributed by atoms with E-state index in [1.807, 2.05) is 36.4 Å². The van der Waals surface area contributed by atoms with Crippen LogP contribution in [-0.4, -0.2) is 41.3 Å². The van der Waals surface area contributed by atoms with E-state index in [4.69, 9.17) is 14.9 Å². The third-order valence-corrected chi connectivity index (χ3v) is 4.31. The number of ether oxygens (including phenoxy) is 1. The molecule has 0 saturated carbocycles. The number of halogens is 1. The van der Waals surface area contributed by atoms with Crippen molar-refractivity contribution in [3.63, 3.8) is 0 Å². The number of rotatable bonds is 6. The first-order chi connectivity index (χ1) is 14.4. The van der Waals surface area contributed by atoms with Gasteiger partial charge in [0, 0.05) is 24.3 Å². The van der Waals surface area contributed by atoms with Crippen LogP contribution in [-0.2, 0) is 20.9 Å². The lowest BCUT2D eigenvalue weighted by Gasteiger charge is -2.15. The van der Waals surface area contributed by atoms with Gasteiger partial charge in [0.05, 0.1) is 18.3 Å². The van der Waals surface area contributed by atoms with E-state index in [1.54, 1.807) is 6.07 Å². The highest BCUT2D eigenvalue weighted by Gasteiger charge is 2.19. The molecule has 0 bridgehead atoms. The Balaban J connectivity index is 0.000000343. The lowest BCUT2D eigenvalue weighted by molar-refractivity contribution is -0.134. The summed E-state index contributed by atoms with van der Waals surface area (Å²) in [5, 5.41) is 28.2. The molecule has 8 heteroatoms. The first-order valence-corrected chi connectivity index (χ1v) is 9.15. The molecule has 1 fully saturated rings. The minimum atomic E-state index is -1.26. The van der Waals surface area contributed by atoms with Crippen molar-refractivity contribution in [2.75, 3.05) is 13.1 Å². The van der Waals surface area contributed by atoms with Gasteiger partial charge in [-0.3, -0.25) is 0 Å². The predicted octanol–water partition coefficient (Wildman–Crippen LogP) is 2.95. The molecule has 1 heterocycles. The van der Waals surface area contributed by atoms with E-state index in [9.17, 15) is 19.2 Å². The fourth-order valence-electron chi connectivity index (χ4n) is 2.89. The number of aliphatic carboxylic acids is 2. The van der Waals surface area contributed by atoms with Crippen LogP contribution in [0, 0.1) is 17.1 Å². The third-order valence-electron chi connectivity index (χ3n) is 4.31. The number of nitrogens with one attached hydrogen (secondary N) is 1. The van der Waals surface area contributed by atoms with Crippen LogP contribution in [0.25, 0.3) is 11.1 Å². The van der Waals surface area contributed by atoms with E-state index in [1.165, 1.54) is 6.07 Å². The molecule has 0 amide bonds. The fourth-order valence-corrected chi connectivity index (χ4v) is 2.89. The van der Waals surface area contributed by atoms with Gasteiger partial charge >= 0.3 is 11.9 Å². The maximum Gasteiger partial charge on any atom is 0.328 e. The van der Waals surface area contributed by atoms with Crippen molar-refractivity contribution in [3.8, 4) is 17.2 Å². The van der Waals surface area contributed by atoms with Crippen molar-refractivity contribution < 1.29 is 28.9 Å². The zero-order valence-electron chi connectivity index (χ0n) is 16.0. The molecule has 2 aromatic rings. The Morgan fingerprint density at radius 1 is 1.17 bits per heavy atom. The molecule has 3 N–H and O–H groups in total. The maximum absolute atomic E-state index is 14.0. The number of carboxylic acid groups (broad SMARTS) is 2. The van der Waals surface area contributed by atoms with Gasteiger partial charge in [-0.2, -0.15) is 5.26 Å². The summed E-state index contributed by atoms with van der Waals surface area (Å²) in [6, 6.07) is 14.7. The van der Waals surface area contributed by atoms with Gasteiger partial charge in [-0.05, 0) is 30.2 Å². The predicted molar refractivity (Wildman–Crippen MR) is 107 cm³/mol. The van der Waals surface area contributed by atoms with Crippen molar-refractivity contribution in [2.24, 2.45) is 0 Å². The highest BCUT2D eigenvalue weighted by atomic mass is 19.1. The second kappa shape index (κ2) is 11.5. The molecule has 1 saturated heterocycles. The van der Waals surface area contributed by atoms with E-state index in [-0.39, 0.29) is 18.3 Å². The first-order valence-electron chi connectivity index (χ1n) is 9.15. The summed E-state index contributed by atoms with van der Waals surface area (Å²) in [5.41, 5.74) is 2.51. The Hall–Kier alpha value is -3.54. The SMILES string of the molecule is N#Cc1c(F)ccc(-c2ccccc2)c1COC1CCNC1.O=C(O)C=CC(=O)O. The number of nitrogens with zero attached hydrogens (tertiary/aromatic N) is 1. The van der Waals surface area contributed by atoms with Crippen LogP contribution >= 0.6 is 0 Å². The number of nitriles is 1. The number of hydrogen-bond donors (Lipinski definition) is 3. The molecule has 30 heavy (non-hydrogen) atoms. The van der Waals surface area contributed by atoms with Crippen molar-refractivity contribution >= 4 is 11.9 Å². The van der Waals surface area contributed by atoms with Gasteiger partial charge in [-0.25, -0.2) is 14.0 Å². The summed E-state index contributed by atoms with van der Waals surface area (Å²) in [7, 11) is 0. The molecular formula is C22H21FN2O5. The number of benzene rings is 2. The maximum atomic E-state index is 14.0. The van der Waals surface area contributed by atoms with Gasteiger partial charge in [0.1, 0.15) is 11.9 Å². The topological polar surface area (TPSA) is 120 Å². The van der Waals surface area contributed by atoms with Crippen LogP contribution < -0.4 is 5.32 Å². The molecule has 1 unspecified atom stereocenters. The summed E-state index contributed by atoms with van der Waals surface area (Å²) in [5.74, 6) is -3.01. The Morgan fingerprint density at radius 2 is 1.83 bits per heavy atom. The van der Waals surface area contributed by atoms with Crippen LogP contribution in [0.2, 0.25) is 0 Å². The van der Waals surface area contributed by atoms with Crippen LogP contribution in [0.3, 0.4) is 0 Å². The molecule has 0 aliphatic carbocycles. The van der Waals surface area contributed by atoms with E-state index in [0.717, 1.165) is 30.6 Å². The normalized spacial score (nSPS) is 15.3. The molecule has 1 aliphatic rings. The zero-order chi connectivity index (χ0) is 21.9. The zero-order valence-corrected chi connectivity index (χ0v) is 16.0. The minimum Gasteiger partial charge on any atom is -0.478 e. The molecule has 2 aromatic carbocycles. The van der Waals surface area contributed by atoms with Gasteiger partial charge in [0.2, 0.25) is 0 Å². The smallest absolute Gasteiger partial charge is 0.328 e. The van der Waals surface area contributed by atoms with Crippen molar-refractivity contribution in [1.82, 2.24) is 5.32 Å². The Bertz CT molecular complexity index is 932. The molecule has 0 aromatic heterocycles. The first kappa shape index (κ1) is 22.7. The highest BCUT2D eigenvalue weighted by molar-refractivity contribution is 5.89. The summed E-state index contributed by atoms with van der Waals surface area (Å²) in [6.07, 6.45) is 2.18. The second-order valence-electron chi connectivity index (χ2n) is 6.36. The molecule has 7 nitrogen and oxygen atoms in total. The minimum absolute atomic E-state index is 0.0762. The van der Waals surface area contributed by atoms with E-state index in [0.29, 0.717) is 17.7 Å². The monoisotopic (exact) mass is 412 g/mol. The number of carbonyl (C=O) groups is 2. The average Bonchev–Trinajstić information content (AvgIpc) is 3.25. The fraction of sp³-hybridized carbons (Fsp3) is 0.227. The van der Waals surface area contributed by atoms with Crippen LogP contribution in [0.4, 0.5) is 4.39 Å². The van der Waals surface area contributed by atoms with Gasteiger partial charge in [0.25, 0.3) is 0 Å². The molecular weight excluding hydrogens is 391 g/mol. The lowest BCUT2D eigenvalue weighted by Crippen LogP contribution is -2.17. The third kappa shape index (κ3) is 6.81. The van der Waals surface area contributed by atoms with Crippen molar-refractivity contribution in [2.45, 2.75) is 19.1 Å². The molecule has 3 rings (SSSR count). The molecule has 0 radical (unpaired) electrons. The lowest BCUT2D eigenvalue weighted by atomic mass is 9.96. The average molecular weight is 412 g/mol. The van der Waals surface area contributed by atoms with Gasteiger partial charge < -0.3 is 20.3 Å². The molecule has 1 atom stereocenters. The molecule has 156 valence electrons. The standard InChI is InChI=1S/C18H17FN2O.C4H4O4/c19-18-7-6-15(13-4-2-1-3-5-13)17(16(18)10-20)12-22-14-8-9-21-11-14;5-3(6)1-2-4(7)8/h1-7,14,21H,8-9,11-12H2;1-2H,(H,5,6)(H,7,8). The van der Waals surface area contributed by atoms with Crippen LogP contribution in [0.15, 0.2) is 54.6 Å². The summed E-state index contributed by atoms with van der Waals surface area (Å²) in [4.78, 5) is 19.1. The summed E-state index contributed by atoms with van der Waals surface area (Å²) < 4.78 is 19.8. The van der Waals surface area contributed by atoms with Gasteiger partial charge in [-0.15, -0.1) is 0 Å². The second-order valence-corrected chi connectivity index (χ2v) is 6.36. The van der Waals surface area contributed by atoms with Crippen LogP contribution in [0.1, 0.15) is 17.5 Å². The van der Waals surface area contributed by atoms with Crippen molar-refractivity contribution in [3.05, 3.63) is 71.6 Å². The summed E-state index contributed by atoms with van der Waals surface area (Å²) in [6.45, 7) is 1.99. The molecule has 0 spiro atoms. The number of hydrogen-bond acceptors (Lipinski definition) is 5. The van der Waals surface area contributed by atoms with Gasteiger partial charge in [0.15, 0.2) is 0 Å². The van der Waals surface area contributed by atoms with Crippen molar-refractivity contribution in [1.29, 1.82) is 5.26 Å². The van der Waals surface area contributed by atoms with Gasteiger partial charge in [-0.1, -0.05) is 36.4 Å². The summed E-state index contributed by atoms with van der Waals surface area (Å²) >= 11 is 0. The quantitative estimate of drug-likeness (QED) is 0.624. The van der Waals surface area contributed by atoms with E-state index in [2.05, 4.69) is 5.32 Å². The van der Waals surface area contributed by atoms with E-state index >= 15 is 0 Å². The van der Waals surface area contributed by atoms with Crippen LogP contribution in [0.5, 0.6) is 0 Å².